The van der Waals surface area contributed by atoms with E-state index in [0.29, 0.717) is 31.7 Å². The molecule has 1 saturated heterocycles. The number of amides is 1. The SMILES string of the molecule is COc1ccc(S(=O)(=O)N2CCC(C(=O)N[C@@H](C)c3ccc(C(C)(C)C)cc3)CC2)cc1. The number of piperidine rings is 1. The van der Waals surface area contributed by atoms with E-state index in [1.165, 1.54) is 9.87 Å². The van der Waals surface area contributed by atoms with E-state index in [1.807, 2.05) is 6.92 Å². The first kappa shape index (κ1) is 24.3. The van der Waals surface area contributed by atoms with Gasteiger partial charge in [-0.05, 0) is 60.6 Å². The summed E-state index contributed by atoms with van der Waals surface area (Å²) in [5.74, 6) is 0.411. The molecule has 0 saturated carbocycles. The van der Waals surface area contributed by atoms with Crippen molar-refractivity contribution in [1.82, 2.24) is 9.62 Å². The highest BCUT2D eigenvalue weighted by Gasteiger charge is 2.32. The lowest BCUT2D eigenvalue weighted by Crippen LogP contribution is -2.43. The van der Waals surface area contributed by atoms with Gasteiger partial charge < -0.3 is 10.1 Å². The van der Waals surface area contributed by atoms with E-state index in [0.717, 1.165) is 5.56 Å². The van der Waals surface area contributed by atoms with E-state index >= 15 is 0 Å². The quantitative estimate of drug-likeness (QED) is 0.701. The molecule has 1 atom stereocenters. The Morgan fingerprint density at radius 3 is 2.09 bits per heavy atom. The number of sulfonamides is 1. The number of nitrogens with zero attached hydrogens (tertiary/aromatic N) is 1. The number of ether oxygens (including phenoxy) is 1. The number of rotatable bonds is 6. The molecular weight excluding hydrogens is 424 g/mol. The first-order chi connectivity index (χ1) is 15.0. The van der Waals surface area contributed by atoms with Gasteiger partial charge in [-0.2, -0.15) is 4.31 Å². The van der Waals surface area contributed by atoms with Crippen LogP contribution in [0.25, 0.3) is 0 Å². The monoisotopic (exact) mass is 458 g/mol. The zero-order valence-corrected chi connectivity index (χ0v) is 20.4. The van der Waals surface area contributed by atoms with Crippen molar-refractivity contribution in [3.05, 3.63) is 59.7 Å². The van der Waals surface area contributed by atoms with Crippen LogP contribution >= 0.6 is 0 Å². The fraction of sp³-hybridized carbons (Fsp3) is 0.480. The van der Waals surface area contributed by atoms with Crippen LogP contribution in [-0.2, 0) is 20.2 Å². The molecule has 174 valence electrons. The van der Waals surface area contributed by atoms with Crippen molar-refractivity contribution in [3.63, 3.8) is 0 Å². The van der Waals surface area contributed by atoms with Gasteiger partial charge in [-0.3, -0.25) is 4.79 Å². The highest BCUT2D eigenvalue weighted by atomic mass is 32.2. The number of carbonyl (C=O) groups is 1. The normalized spacial score (nSPS) is 17.0. The molecule has 1 aliphatic rings. The summed E-state index contributed by atoms with van der Waals surface area (Å²) in [6, 6.07) is 14.6. The van der Waals surface area contributed by atoms with Gasteiger partial charge in [-0.1, -0.05) is 45.0 Å². The van der Waals surface area contributed by atoms with E-state index in [4.69, 9.17) is 4.74 Å². The highest BCUT2D eigenvalue weighted by molar-refractivity contribution is 7.89. The van der Waals surface area contributed by atoms with Gasteiger partial charge in [0.05, 0.1) is 18.0 Å². The van der Waals surface area contributed by atoms with Gasteiger partial charge in [0.2, 0.25) is 15.9 Å². The fourth-order valence-corrected chi connectivity index (χ4v) is 5.41. The maximum absolute atomic E-state index is 12.9. The van der Waals surface area contributed by atoms with Gasteiger partial charge in [0.1, 0.15) is 5.75 Å². The zero-order chi connectivity index (χ0) is 23.5. The average Bonchev–Trinajstić information content (AvgIpc) is 2.78. The second-order valence-corrected chi connectivity index (χ2v) is 11.4. The van der Waals surface area contributed by atoms with Crippen molar-refractivity contribution in [2.75, 3.05) is 20.2 Å². The first-order valence-electron chi connectivity index (χ1n) is 11.1. The van der Waals surface area contributed by atoms with E-state index in [2.05, 4.69) is 50.4 Å². The van der Waals surface area contributed by atoms with Gasteiger partial charge in [-0.25, -0.2) is 8.42 Å². The summed E-state index contributed by atoms with van der Waals surface area (Å²) in [6.45, 7) is 9.17. The molecule has 1 fully saturated rings. The molecule has 1 N–H and O–H groups in total. The Balaban J connectivity index is 1.56. The predicted octanol–water partition coefficient (Wildman–Crippen LogP) is 4.27. The lowest BCUT2D eigenvalue weighted by molar-refractivity contribution is -0.126. The lowest BCUT2D eigenvalue weighted by atomic mass is 9.86. The Labute approximate surface area is 192 Å². The number of methoxy groups -OCH3 is 1. The lowest BCUT2D eigenvalue weighted by Gasteiger charge is -2.31. The van der Waals surface area contributed by atoms with Crippen LogP contribution in [0.4, 0.5) is 0 Å². The molecule has 1 aliphatic heterocycles. The van der Waals surface area contributed by atoms with Crippen molar-refractivity contribution >= 4 is 15.9 Å². The number of benzene rings is 2. The largest absolute Gasteiger partial charge is 0.497 e. The molecule has 0 aliphatic carbocycles. The predicted molar refractivity (Wildman–Crippen MR) is 126 cm³/mol. The average molecular weight is 459 g/mol. The van der Waals surface area contributed by atoms with Crippen molar-refractivity contribution < 1.29 is 17.9 Å². The summed E-state index contributed by atoms with van der Waals surface area (Å²) < 4.78 is 32.4. The zero-order valence-electron chi connectivity index (χ0n) is 19.6. The van der Waals surface area contributed by atoms with Crippen molar-refractivity contribution in [2.45, 2.75) is 56.9 Å². The highest BCUT2D eigenvalue weighted by Crippen LogP contribution is 2.27. The Morgan fingerprint density at radius 1 is 1.03 bits per heavy atom. The Hall–Kier alpha value is -2.38. The van der Waals surface area contributed by atoms with Crippen LogP contribution in [-0.4, -0.2) is 38.8 Å². The third-order valence-corrected chi connectivity index (χ3v) is 8.07. The van der Waals surface area contributed by atoms with Gasteiger partial charge >= 0.3 is 0 Å². The van der Waals surface area contributed by atoms with E-state index < -0.39 is 10.0 Å². The molecule has 0 unspecified atom stereocenters. The molecule has 2 aromatic rings. The van der Waals surface area contributed by atoms with Crippen LogP contribution in [0.3, 0.4) is 0 Å². The molecule has 7 heteroatoms. The topological polar surface area (TPSA) is 75.7 Å². The van der Waals surface area contributed by atoms with Crippen LogP contribution in [0.5, 0.6) is 5.75 Å². The molecule has 1 amide bonds. The number of nitrogens with one attached hydrogen (secondary N) is 1. The summed E-state index contributed by atoms with van der Waals surface area (Å²) in [7, 11) is -2.03. The Bertz CT molecular complexity index is 1020. The van der Waals surface area contributed by atoms with Gasteiger partial charge in [0.25, 0.3) is 0 Å². The molecular formula is C25H34N2O4S. The standard InChI is InChI=1S/C25H34N2O4S/c1-18(19-6-8-21(9-7-19)25(2,3)4)26-24(28)20-14-16-27(17-15-20)32(29,30)23-12-10-22(31-5)11-13-23/h6-13,18,20H,14-17H2,1-5H3,(H,26,28)/t18-/m0/s1. The minimum absolute atomic E-state index is 0.0149. The molecule has 32 heavy (non-hydrogen) atoms. The second-order valence-electron chi connectivity index (χ2n) is 9.46. The van der Waals surface area contributed by atoms with Gasteiger partial charge in [0.15, 0.2) is 0 Å². The van der Waals surface area contributed by atoms with Crippen LogP contribution in [0, 0.1) is 5.92 Å². The minimum Gasteiger partial charge on any atom is -0.497 e. The molecule has 0 spiro atoms. The van der Waals surface area contributed by atoms with Crippen LogP contribution in [0.2, 0.25) is 0 Å². The summed E-state index contributed by atoms with van der Waals surface area (Å²) in [6.07, 6.45) is 1.02. The molecule has 0 bridgehead atoms. The molecule has 3 rings (SSSR count). The number of hydrogen-bond donors (Lipinski definition) is 1. The Morgan fingerprint density at radius 2 is 1.59 bits per heavy atom. The van der Waals surface area contributed by atoms with Crippen molar-refractivity contribution in [2.24, 2.45) is 5.92 Å². The smallest absolute Gasteiger partial charge is 0.243 e. The first-order valence-corrected chi connectivity index (χ1v) is 12.5. The molecule has 1 heterocycles. The van der Waals surface area contributed by atoms with E-state index in [-0.39, 0.29) is 28.2 Å². The van der Waals surface area contributed by atoms with Gasteiger partial charge in [-0.15, -0.1) is 0 Å². The van der Waals surface area contributed by atoms with E-state index in [1.54, 1.807) is 31.4 Å². The Kier molecular flexibility index (Phi) is 7.30. The minimum atomic E-state index is -3.57. The van der Waals surface area contributed by atoms with Crippen molar-refractivity contribution in [1.29, 1.82) is 0 Å². The summed E-state index contributed by atoms with van der Waals surface area (Å²) in [4.78, 5) is 13.1. The molecule has 6 nitrogen and oxygen atoms in total. The molecule has 0 radical (unpaired) electrons. The third-order valence-electron chi connectivity index (χ3n) is 6.16. The summed E-state index contributed by atoms with van der Waals surface area (Å²) in [5, 5.41) is 3.10. The molecule has 0 aromatic heterocycles. The van der Waals surface area contributed by atoms with Crippen molar-refractivity contribution in [3.8, 4) is 5.75 Å². The maximum Gasteiger partial charge on any atom is 0.243 e. The summed E-state index contributed by atoms with van der Waals surface area (Å²) >= 11 is 0. The van der Waals surface area contributed by atoms with Crippen LogP contribution < -0.4 is 10.1 Å². The second kappa shape index (κ2) is 9.63. The van der Waals surface area contributed by atoms with Crippen LogP contribution in [0.15, 0.2) is 53.4 Å². The number of hydrogen-bond acceptors (Lipinski definition) is 4. The number of carbonyl (C=O) groups excluding carboxylic acids is 1. The maximum atomic E-state index is 12.9. The third kappa shape index (κ3) is 5.51. The molecule has 2 aromatic carbocycles. The fourth-order valence-electron chi connectivity index (χ4n) is 3.94. The van der Waals surface area contributed by atoms with Gasteiger partial charge in [0, 0.05) is 19.0 Å². The van der Waals surface area contributed by atoms with Crippen LogP contribution in [0.1, 0.15) is 57.7 Å². The van der Waals surface area contributed by atoms with E-state index in [9.17, 15) is 13.2 Å². The summed E-state index contributed by atoms with van der Waals surface area (Å²) in [5.41, 5.74) is 2.40.